The van der Waals surface area contributed by atoms with Gasteiger partial charge in [0.2, 0.25) is 5.91 Å². The number of nitrogens with one attached hydrogen (secondary N) is 2. The van der Waals surface area contributed by atoms with E-state index in [2.05, 4.69) is 10.6 Å². The first-order chi connectivity index (χ1) is 14.9. The summed E-state index contributed by atoms with van der Waals surface area (Å²) in [7, 11) is 2.97. The smallest absolute Gasteiger partial charge is 0.265 e. The molecule has 0 radical (unpaired) electrons. The second-order valence-corrected chi connectivity index (χ2v) is 7.97. The van der Waals surface area contributed by atoms with Crippen molar-refractivity contribution < 1.29 is 19.1 Å². The van der Waals surface area contributed by atoms with Crippen LogP contribution in [0.2, 0.25) is 10.0 Å². The van der Waals surface area contributed by atoms with Crippen molar-refractivity contribution in [1.82, 2.24) is 0 Å². The van der Waals surface area contributed by atoms with Gasteiger partial charge in [-0.15, -0.1) is 11.3 Å². The Labute approximate surface area is 193 Å². The second-order valence-electron chi connectivity index (χ2n) is 6.18. The third kappa shape index (κ3) is 5.79. The molecule has 2 N–H and O–H groups in total. The summed E-state index contributed by atoms with van der Waals surface area (Å²) in [6.07, 6.45) is 2.89. The van der Waals surface area contributed by atoms with Crippen molar-refractivity contribution in [3.05, 3.63) is 74.4 Å². The molecule has 31 heavy (non-hydrogen) atoms. The summed E-state index contributed by atoms with van der Waals surface area (Å²) in [6.45, 7) is 0. The monoisotopic (exact) mass is 476 g/mol. The molecule has 0 saturated carbocycles. The molecule has 0 saturated heterocycles. The number of amides is 2. The lowest BCUT2D eigenvalue weighted by Crippen LogP contribution is -2.12. The number of ether oxygens (including phenoxy) is 2. The maximum Gasteiger partial charge on any atom is 0.265 e. The molecule has 6 nitrogen and oxygen atoms in total. The fourth-order valence-electron chi connectivity index (χ4n) is 2.73. The predicted octanol–water partition coefficient (Wildman–Crippen LogP) is 5.98. The number of carbonyl (C=O) groups is 2. The van der Waals surface area contributed by atoms with E-state index in [0.717, 1.165) is 0 Å². The Balaban J connectivity index is 1.72. The largest absolute Gasteiger partial charge is 0.495 e. The predicted molar refractivity (Wildman–Crippen MR) is 126 cm³/mol. The molecule has 2 aromatic carbocycles. The molecular formula is C22H18Cl2N2O4S. The van der Waals surface area contributed by atoms with Gasteiger partial charge in [0, 0.05) is 28.4 Å². The standard InChI is InChI=1S/C22H18Cl2N2O4S/c1-29-18-12-15(6-7-17(18)26-22(28)19-4-3-9-31-19)25-20(27)8-5-13-10-14(23)11-16(24)21(13)30-2/h3-12H,1-2H3,(H,25,27)(H,26,28)/b8-5-. The van der Waals surface area contributed by atoms with Crippen LogP contribution in [0.15, 0.2) is 53.9 Å². The van der Waals surface area contributed by atoms with Gasteiger partial charge in [-0.3, -0.25) is 9.59 Å². The van der Waals surface area contributed by atoms with Gasteiger partial charge in [-0.05, 0) is 41.8 Å². The Morgan fingerprint density at radius 1 is 1.03 bits per heavy atom. The van der Waals surface area contributed by atoms with E-state index in [0.29, 0.717) is 43.4 Å². The third-order valence-corrected chi connectivity index (χ3v) is 5.49. The fourth-order valence-corrected chi connectivity index (χ4v) is 3.94. The lowest BCUT2D eigenvalue weighted by molar-refractivity contribution is -0.111. The average Bonchev–Trinajstić information content (AvgIpc) is 3.28. The van der Waals surface area contributed by atoms with Gasteiger partial charge >= 0.3 is 0 Å². The van der Waals surface area contributed by atoms with Gasteiger partial charge in [0.25, 0.3) is 5.91 Å². The number of methoxy groups -OCH3 is 2. The van der Waals surface area contributed by atoms with E-state index < -0.39 is 0 Å². The highest BCUT2D eigenvalue weighted by Gasteiger charge is 2.12. The summed E-state index contributed by atoms with van der Waals surface area (Å²) in [5.41, 5.74) is 1.56. The van der Waals surface area contributed by atoms with E-state index in [1.165, 1.54) is 31.6 Å². The van der Waals surface area contributed by atoms with E-state index in [9.17, 15) is 9.59 Å². The van der Waals surface area contributed by atoms with E-state index >= 15 is 0 Å². The van der Waals surface area contributed by atoms with Crippen LogP contribution in [0, 0.1) is 0 Å². The molecule has 0 aliphatic carbocycles. The number of carbonyl (C=O) groups excluding carboxylic acids is 2. The molecule has 0 bridgehead atoms. The summed E-state index contributed by atoms with van der Waals surface area (Å²) >= 11 is 13.5. The van der Waals surface area contributed by atoms with Crippen molar-refractivity contribution in [3.8, 4) is 11.5 Å². The molecule has 0 fully saturated rings. The summed E-state index contributed by atoms with van der Waals surface area (Å²) < 4.78 is 10.6. The number of halogens is 2. The SMILES string of the molecule is COc1cc(NC(=O)/C=C\c2cc(Cl)cc(Cl)c2OC)ccc1NC(=O)c1cccs1. The van der Waals surface area contributed by atoms with E-state index in [4.69, 9.17) is 32.7 Å². The van der Waals surface area contributed by atoms with Gasteiger partial charge in [-0.25, -0.2) is 0 Å². The first-order valence-corrected chi connectivity index (χ1v) is 10.6. The zero-order valence-corrected chi connectivity index (χ0v) is 18.9. The summed E-state index contributed by atoms with van der Waals surface area (Å²) in [5, 5.41) is 8.13. The number of hydrogen-bond acceptors (Lipinski definition) is 5. The van der Waals surface area contributed by atoms with Gasteiger partial charge in [0.05, 0.1) is 29.8 Å². The van der Waals surface area contributed by atoms with Crippen molar-refractivity contribution in [1.29, 1.82) is 0 Å². The van der Waals surface area contributed by atoms with Crippen LogP contribution in [0.5, 0.6) is 11.5 Å². The van der Waals surface area contributed by atoms with Gasteiger partial charge in [-0.2, -0.15) is 0 Å². The molecule has 3 rings (SSSR count). The molecule has 9 heteroatoms. The van der Waals surface area contributed by atoms with Crippen LogP contribution < -0.4 is 20.1 Å². The first kappa shape index (κ1) is 22.7. The summed E-state index contributed by atoms with van der Waals surface area (Å²) in [4.78, 5) is 25.2. The molecule has 0 atom stereocenters. The Bertz CT molecular complexity index is 1130. The third-order valence-electron chi connectivity index (χ3n) is 4.12. The Morgan fingerprint density at radius 3 is 2.52 bits per heavy atom. The van der Waals surface area contributed by atoms with Crippen molar-refractivity contribution in [3.63, 3.8) is 0 Å². The Hall–Kier alpha value is -3.00. The van der Waals surface area contributed by atoms with Crippen molar-refractivity contribution in [2.24, 2.45) is 0 Å². The van der Waals surface area contributed by atoms with Gasteiger partial charge < -0.3 is 20.1 Å². The van der Waals surface area contributed by atoms with Crippen LogP contribution in [0.4, 0.5) is 11.4 Å². The van der Waals surface area contributed by atoms with Crippen molar-refractivity contribution in [2.45, 2.75) is 0 Å². The minimum Gasteiger partial charge on any atom is -0.495 e. The van der Waals surface area contributed by atoms with E-state index in [-0.39, 0.29) is 11.8 Å². The van der Waals surface area contributed by atoms with Crippen LogP contribution in [-0.4, -0.2) is 26.0 Å². The van der Waals surface area contributed by atoms with Crippen LogP contribution >= 0.6 is 34.5 Å². The molecule has 0 aliphatic rings. The number of hydrogen-bond donors (Lipinski definition) is 2. The molecule has 160 valence electrons. The summed E-state index contributed by atoms with van der Waals surface area (Å²) in [5.74, 6) is 0.218. The molecule has 0 unspecified atom stereocenters. The van der Waals surface area contributed by atoms with Crippen LogP contribution in [0.25, 0.3) is 6.08 Å². The minimum atomic E-state index is -0.379. The zero-order valence-electron chi connectivity index (χ0n) is 16.6. The molecular weight excluding hydrogens is 459 g/mol. The molecule has 2 amide bonds. The lowest BCUT2D eigenvalue weighted by Gasteiger charge is -2.12. The van der Waals surface area contributed by atoms with Gasteiger partial charge in [0.15, 0.2) is 0 Å². The highest BCUT2D eigenvalue weighted by molar-refractivity contribution is 7.12. The summed E-state index contributed by atoms with van der Waals surface area (Å²) in [6, 6.07) is 11.7. The quantitative estimate of drug-likeness (QED) is 0.411. The topological polar surface area (TPSA) is 76.7 Å². The average molecular weight is 477 g/mol. The van der Waals surface area contributed by atoms with Crippen LogP contribution in [-0.2, 0) is 4.79 Å². The number of thiophene rings is 1. The van der Waals surface area contributed by atoms with Crippen molar-refractivity contribution in [2.75, 3.05) is 24.9 Å². The molecule has 0 aliphatic heterocycles. The molecule has 0 spiro atoms. The van der Waals surface area contributed by atoms with E-state index in [1.54, 1.807) is 48.5 Å². The number of anilines is 2. The van der Waals surface area contributed by atoms with Crippen LogP contribution in [0.1, 0.15) is 15.2 Å². The molecule has 1 aromatic heterocycles. The number of benzene rings is 2. The highest BCUT2D eigenvalue weighted by atomic mass is 35.5. The van der Waals surface area contributed by atoms with Crippen molar-refractivity contribution >= 4 is 63.8 Å². The van der Waals surface area contributed by atoms with Gasteiger partial charge in [-0.1, -0.05) is 29.3 Å². The normalized spacial score (nSPS) is 10.7. The Kier molecular flexibility index (Phi) is 7.57. The number of rotatable bonds is 7. The minimum absolute atomic E-state index is 0.234. The maximum absolute atomic E-state index is 12.4. The highest BCUT2D eigenvalue weighted by Crippen LogP contribution is 2.33. The van der Waals surface area contributed by atoms with Gasteiger partial charge in [0.1, 0.15) is 11.5 Å². The second kappa shape index (κ2) is 10.3. The van der Waals surface area contributed by atoms with E-state index in [1.807, 2.05) is 5.38 Å². The maximum atomic E-state index is 12.4. The Morgan fingerprint density at radius 2 is 1.84 bits per heavy atom. The fraction of sp³-hybridized carbons (Fsp3) is 0.0909. The van der Waals surface area contributed by atoms with Crippen LogP contribution in [0.3, 0.4) is 0 Å². The molecule has 1 heterocycles. The lowest BCUT2D eigenvalue weighted by atomic mass is 10.2. The zero-order chi connectivity index (χ0) is 22.4. The first-order valence-electron chi connectivity index (χ1n) is 8.96. The molecule has 3 aromatic rings.